The molecule has 0 saturated carbocycles. The molecule has 2 heterocycles. The zero-order valence-corrected chi connectivity index (χ0v) is 19.9. The van der Waals surface area contributed by atoms with Crippen LogP contribution in [-0.4, -0.2) is 31.0 Å². The van der Waals surface area contributed by atoms with Crippen LogP contribution in [0.15, 0.2) is 101 Å². The van der Waals surface area contributed by atoms with Gasteiger partial charge < -0.3 is 5.32 Å². The van der Waals surface area contributed by atoms with Gasteiger partial charge in [-0.15, -0.1) is 0 Å². The number of benzene rings is 3. The quantitative estimate of drug-likeness (QED) is 0.269. The Morgan fingerprint density at radius 2 is 1.67 bits per heavy atom. The first-order valence-corrected chi connectivity index (χ1v) is 12.1. The Labute approximate surface area is 210 Å². The molecule has 0 unspecified atom stereocenters. The highest BCUT2D eigenvalue weighted by Crippen LogP contribution is 2.22. The normalized spacial score (nSPS) is 10.8. The Hall–Kier alpha value is -4.68. The first-order valence-electron chi connectivity index (χ1n) is 11.1. The molecule has 8 nitrogen and oxygen atoms in total. The fourth-order valence-corrected chi connectivity index (χ4v) is 4.58. The highest BCUT2D eigenvalue weighted by Gasteiger charge is 2.17. The van der Waals surface area contributed by atoms with Crippen molar-refractivity contribution in [3.8, 4) is 11.8 Å². The van der Waals surface area contributed by atoms with E-state index in [2.05, 4.69) is 21.5 Å². The molecule has 2 aromatic heterocycles. The number of nitriles is 1. The zero-order valence-electron chi connectivity index (χ0n) is 19.0. The number of nitrogens with zero attached hydrogens (tertiary/aromatic N) is 5. The molecule has 0 saturated heterocycles. The summed E-state index contributed by atoms with van der Waals surface area (Å²) in [6.45, 7) is 0.334. The van der Waals surface area contributed by atoms with Gasteiger partial charge in [0.1, 0.15) is 11.6 Å². The number of hydrogen-bond donors (Lipinski definition) is 1. The summed E-state index contributed by atoms with van der Waals surface area (Å²) < 4.78 is 3.10. The Bertz CT molecular complexity index is 1640. The molecule has 0 radical (unpaired) electrons. The van der Waals surface area contributed by atoms with Crippen molar-refractivity contribution in [2.24, 2.45) is 0 Å². The molecule has 5 aromatic rings. The number of amides is 1. The van der Waals surface area contributed by atoms with Gasteiger partial charge in [-0.2, -0.15) is 10.4 Å². The van der Waals surface area contributed by atoms with Crippen LogP contribution >= 0.6 is 11.8 Å². The minimum absolute atomic E-state index is 0.00952. The summed E-state index contributed by atoms with van der Waals surface area (Å²) in [6, 6.07) is 28.1. The summed E-state index contributed by atoms with van der Waals surface area (Å²) in [5, 5.41) is 17.5. The third kappa shape index (κ3) is 4.76. The van der Waals surface area contributed by atoms with Gasteiger partial charge >= 0.3 is 0 Å². The van der Waals surface area contributed by atoms with Gasteiger partial charge in [-0.3, -0.25) is 14.2 Å². The summed E-state index contributed by atoms with van der Waals surface area (Å²) in [5.74, 6) is -0.0602. The maximum Gasteiger partial charge on any atom is 0.262 e. The first kappa shape index (κ1) is 23.1. The number of para-hydroxylation sites is 2. The number of fused-ring (bicyclic) bond motifs is 1. The monoisotopic (exact) mass is 492 g/mol. The minimum Gasteiger partial charge on any atom is -0.309 e. The predicted molar refractivity (Wildman–Crippen MR) is 139 cm³/mol. The lowest BCUT2D eigenvalue weighted by Gasteiger charge is -2.14. The maximum atomic E-state index is 13.3. The van der Waals surface area contributed by atoms with Crippen LogP contribution in [0.1, 0.15) is 11.1 Å². The zero-order chi connectivity index (χ0) is 24.9. The summed E-state index contributed by atoms with van der Waals surface area (Å²) in [7, 11) is 0. The van der Waals surface area contributed by atoms with Crippen LogP contribution in [0.2, 0.25) is 0 Å². The lowest BCUT2D eigenvalue weighted by Crippen LogP contribution is -2.25. The molecule has 1 amide bonds. The van der Waals surface area contributed by atoms with Crippen molar-refractivity contribution in [2.45, 2.75) is 11.7 Å². The van der Waals surface area contributed by atoms with Gasteiger partial charge in [0.25, 0.3) is 5.56 Å². The molecule has 0 aliphatic rings. The molecule has 3 aromatic carbocycles. The van der Waals surface area contributed by atoms with Crippen molar-refractivity contribution in [1.29, 1.82) is 5.26 Å². The Balaban J connectivity index is 1.42. The van der Waals surface area contributed by atoms with E-state index >= 15 is 0 Å². The van der Waals surface area contributed by atoms with Gasteiger partial charge in [-0.05, 0) is 29.8 Å². The molecule has 0 spiro atoms. The number of aromatic nitrogens is 4. The molecular formula is C27H20N6O2S. The van der Waals surface area contributed by atoms with Crippen LogP contribution in [-0.2, 0) is 11.3 Å². The fourth-order valence-electron chi connectivity index (χ4n) is 3.78. The number of carbonyl (C=O) groups excluding carboxylic acids is 1. The van der Waals surface area contributed by atoms with Gasteiger partial charge in [0.2, 0.25) is 5.91 Å². The van der Waals surface area contributed by atoms with E-state index < -0.39 is 0 Å². The van der Waals surface area contributed by atoms with E-state index in [0.717, 1.165) is 11.3 Å². The summed E-state index contributed by atoms with van der Waals surface area (Å²) in [5.41, 5.74) is 2.33. The van der Waals surface area contributed by atoms with E-state index in [1.165, 1.54) is 22.6 Å². The van der Waals surface area contributed by atoms with E-state index in [1.54, 1.807) is 22.8 Å². The van der Waals surface area contributed by atoms with Gasteiger partial charge in [0, 0.05) is 0 Å². The second kappa shape index (κ2) is 10.3. The van der Waals surface area contributed by atoms with Crippen molar-refractivity contribution in [3.63, 3.8) is 0 Å². The molecule has 0 fully saturated rings. The van der Waals surface area contributed by atoms with Crippen molar-refractivity contribution >= 4 is 34.4 Å². The third-order valence-corrected chi connectivity index (χ3v) is 6.47. The molecule has 36 heavy (non-hydrogen) atoms. The molecular weight excluding hydrogens is 472 g/mol. The largest absolute Gasteiger partial charge is 0.309 e. The van der Waals surface area contributed by atoms with Crippen molar-refractivity contribution < 1.29 is 4.79 Å². The summed E-state index contributed by atoms with van der Waals surface area (Å²) in [6.07, 6.45) is 1.41. The number of rotatable bonds is 7. The van der Waals surface area contributed by atoms with E-state index in [-0.39, 0.29) is 22.8 Å². The Kier molecular flexibility index (Phi) is 6.60. The number of carbonyl (C=O) groups is 1. The average Bonchev–Trinajstić information content (AvgIpc) is 3.32. The van der Waals surface area contributed by atoms with Crippen LogP contribution < -0.4 is 10.9 Å². The molecule has 0 atom stereocenters. The molecule has 5 rings (SSSR count). The van der Waals surface area contributed by atoms with Crippen LogP contribution in [0.4, 0.5) is 5.82 Å². The van der Waals surface area contributed by atoms with Crippen molar-refractivity contribution in [2.75, 3.05) is 11.1 Å². The van der Waals surface area contributed by atoms with E-state index in [4.69, 9.17) is 0 Å². The Morgan fingerprint density at radius 1 is 0.972 bits per heavy atom. The topological polar surface area (TPSA) is 106 Å². The Morgan fingerprint density at radius 3 is 2.42 bits per heavy atom. The second-order valence-corrected chi connectivity index (χ2v) is 8.83. The van der Waals surface area contributed by atoms with E-state index in [9.17, 15) is 14.9 Å². The summed E-state index contributed by atoms with van der Waals surface area (Å²) in [4.78, 5) is 30.9. The van der Waals surface area contributed by atoms with Crippen LogP contribution in [0, 0.1) is 11.3 Å². The minimum atomic E-state index is -0.345. The fraction of sp³-hybridized carbons (Fsp3) is 0.0741. The van der Waals surface area contributed by atoms with Crippen LogP contribution in [0.3, 0.4) is 0 Å². The average molecular weight is 493 g/mol. The van der Waals surface area contributed by atoms with Gasteiger partial charge in [-0.1, -0.05) is 72.4 Å². The third-order valence-electron chi connectivity index (χ3n) is 5.49. The SMILES string of the molecule is N#Cc1cnn(-c2ccccc2)c1NC(=O)CSc1nc2ccccc2c(=O)n1Cc1ccccc1. The van der Waals surface area contributed by atoms with Crippen molar-refractivity contribution in [1.82, 2.24) is 19.3 Å². The molecule has 1 N–H and O–H groups in total. The van der Waals surface area contributed by atoms with Gasteiger partial charge in [0.15, 0.2) is 11.0 Å². The standard InChI is InChI=1S/C27H20N6O2S/c28-15-20-16-29-33(21-11-5-2-6-12-21)25(20)31-24(34)18-36-27-30-23-14-8-7-13-22(23)26(35)32(27)17-19-9-3-1-4-10-19/h1-14,16H,17-18H2,(H,31,34). The van der Waals surface area contributed by atoms with Gasteiger partial charge in [0.05, 0.1) is 35.1 Å². The van der Waals surface area contributed by atoms with Crippen LogP contribution in [0.5, 0.6) is 0 Å². The molecule has 0 aliphatic heterocycles. The van der Waals surface area contributed by atoms with Crippen LogP contribution in [0.25, 0.3) is 16.6 Å². The molecule has 0 bridgehead atoms. The molecule has 0 aliphatic carbocycles. The highest BCUT2D eigenvalue weighted by atomic mass is 32.2. The smallest absolute Gasteiger partial charge is 0.262 e. The molecule has 9 heteroatoms. The number of nitrogens with one attached hydrogen (secondary N) is 1. The van der Waals surface area contributed by atoms with Gasteiger partial charge in [-0.25, -0.2) is 9.67 Å². The number of anilines is 1. The summed E-state index contributed by atoms with van der Waals surface area (Å²) >= 11 is 1.17. The predicted octanol–water partition coefficient (Wildman–Crippen LogP) is 4.23. The molecule has 176 valence electrons. The first-order chi connectivity index (χ1) is 17.6. The highest BCUT2D eigenvalue weighted by molar-refractivity contribution is 7.99. The second-order valence-electron chi connectivity index (χ2n) is 7.89. The van der Waals surface area contributed by atoms with E-state index in [1.807, 2.05) is 66.7 Å². The maximum absolute atomic E-state index is 13.3. The lowest BCUT2D eigenvalue weighted by molar-refractivity contribution is -0.113. The number of thioether (sulfide) groups is 1. The number of hydrogen-bond acceptors (Lipinski definition) is 6. The van der Waals surface area contributed by atoms with Crippen molar-refractivity contribution in [3.05, 3.63) is 113 Å². The van der Waals surface area contributed by atoms with E-state index in [0.29, 0.717) is 28.4 Å². The lowest BCUT2D eigenvalue weighted by atomic mass is 10.2.